The number of carbonyl (C=O) groups excluding carboxylic acids is 3. The Morgan fingerprint density at radius 2 is 1.21 bits per heavy atom. The molecule has 0 radical (unpaired) electrons. The molecule has 2 aromatic rings. The number of carbonyl (C=O) groups is 3. The van der Waals surface area contributed by atoms with Gasteiger partial charge in [-0.1, -0.05) is 60.7 Å². The van der Waals surface area contributed by atoms with Crippen LogP contribution in [0.5, 0.6) is 0 Å². The van der Waals surface area contributed by atoms with Gasteiger partial charge in [0, 0.05) is 26.2 Å². The number of nitrogens with zero attached hydrogens (tertiary/aromatic N) is 1. The van der Waals surface area contributed by atoms with Crippen molar-refractivity contribution >= 4 is 18.3 Å². The molecular formula is C25H33N3O6. The number of benzene rings is 2. The van der Waals surface area contributed by atoms with E-state index in [1.807, 2.05) is 60.7 Å². The molecule has 0 saturated carbocycles. The zero-order chi connectivity index (χ0) is 24.8. The highest BCUT2D eigenvalue weighted by atomic mass is 16.6. The molecule has 0 aromatic heterocycles. The van der Waals surface area contributed by atoms with E-state index in [0.717, 1.165) is 11.1 Å². The second-order valence-electron chi connectivity index (χ2n) is 8.44. The van der Waals surface area contributed by atoms with E-state index in [0.29, 0.717) is 0 Å². The summed E-state index contributed by atoms with van der Waals surface area (Å²) < 4.78 is 15.8. The van der Waals surface area contributed by atoms with E-state index < -0.39 is 23.9 Å². The molecule has 0 bridgehead atoms. The summed E-state index contributed by atoms with van der Waals surface area (Å²) in [5.41, 5.74) is 1.10. The number of hydrogen-bond donors (Lipinski definition) is 2. The number of nitrogens with one attached hydrogen (secondary N) is 2. The van der Waals surface area contributed by atoms with Crippen LogP contribution in [0.2, 0.25) is 0 Å². The molecule has 0 spiro atoms. The highest BCUT2D eigenvalue weighted by molar-refractivity contribution is 5.69. The standard InChI is InChI=1S/C25H33N3O6/c1-25(2,3)34-23(30)27-15-17-28(24(31)33-19-21-12-8-5-9-13-21)16-14-26-22(29)32-18-20-10-6-4-7-11-20/h4-13H,14-19H2,1-3H3,(H,26,29)(H,27,30). The van der Waals surface area contributed by atoms with Crippen molar-refractivity contribution in [1.82, 2.24) is 15.5 Å². The fourth-order valence-corrected chi connectivity index (χ4v) is 2.78. The Morgan fingerprint density at radius 1 is 0.735 bits per heavy atom. The Hall–Kier alpha value is -3.75. The smallest absolute Gasteiger partial charge is 0.410 e. The van der Waals surface area contributed by atoms with Crippen LogP contribution in [0.4, 0.5) is 14.4 Å². The number of ether oxygens (including phenoxy) is 3. The van der Waals surface area contributed by atoms with Crippen LogP contribution in [-0.2, 0) is 27.4 Å². The lowest BCUT2D eigenvalue weighted by Gasteiger charge is -2.23. The third kappa shape index (κ3) is 11.2. The van der Waals surface area contributed by atoms with Gasteiger partial charge in [0.05, 0.1) is 0 Å². The summed E-state index contributed by atoms with van der Waals surface area (Å²) in [5, 5.41) is 5.23. The van der Waals surface area contributed by atoms with Gasteiger partial charge in [-0.25, -0.2) is 14.4 Å². The molecule has 0 heterocycles. The summed E-state index contributed by atoms with van der Waals surface area (Å²) in [6, 6.07) is 18.6. The Balaban J connectivity index is 1.81. The van der Waals surface area contributed by atoms with Crippen molar-refractivity contribution in [2.45, 2.75) is 39.6 Å². The van der Waals surface area contributed by atoms with Crippen molar-refractivity contribution in [1.29, 1.82) is 0 Å². The Morgan fingerprint density at radius 3 is 1.71 bits per heavy atom. The van der Waals surface area contributed by atoms with Gasteiger partial charge in [0.1, 0.15) is 18.8 Å². The van der Waals surface area contributed by atoms with Gasteiger partial charge in [0.25, 0.3) is 0 Å². The minimum Gasteiger partial charge on any atom is -0.445 e. The Bertz CT molecular complexity index is 900. The van der Waals surface area contributed by atoms with E-state index in [2.05, 4.69) is 10.6 Å². The summed E-state index contributed by atoms with van der Waals surface area (Å²) in [6.45, 7) is 6.22. The lowest BCUT2D eigenvalue weighted by atomic mass is 10.2. The molecule has 2 rings (SSSR count). The second-order valence-corrected chi connectivity index (χ2v) is 8.44. The van der Waals surface area contributed by atoms with Crippen molar-refractivity contribution in [2.24, 2.45) is 0 Å². The fourth-order valence-electron chi connectivity index (χ4n) is 2.78. The second kappa shape index (κ2) is 13.7. The average molecular weight is 472 g/mol. The molecule has 0 aliphatic heterocycles. The lowest BCUT2D eigenvalue weighted by molar-refractivity contribution is 0.0515. The van der Waals surface area contributed by atoms with E-state index in [1.165, 1.54) is 4.90 Å². The van der Waals surface area contributed by atoms with E-state index in [1.54, 1.807) is 20.8 Å². The first-order valence-corrected chi connectivity index (χ1v) is 11.1. The summed E-state index contributed by atoms with van der Waals surface area (Å²) in [5.74, 6) is 0. The zero-order valence-corrected chi connectivity index (χ0v) is 19.9. The van der Waals surface area contributed by atoms with Crippen molar-refractivity contribution in [2.75, 3.05) is 26.2 Å². The van der Waals surface area contributed by atoms with Gasteiger partial charge >= 0.3 is 18.3 Å². The van der Waals surface area contributed by atoms with Crippen molar-refractivity contribution < 1.29 is 28.6 Å². The number of hydrogen-bond acceptors (Lipinski definition) is 6. The molecule has 2 aromatic carbocycles. The quantitative estimate of drug-likeness (QED) is 0.506. The highest BCUT2D eigenvalue weighted by Crippen LogP contribution is 2.07. The van der Waals surface area contributed by atoms with Gasteiger partial charge in [0.2, 0.25) is 0 Å². The zero-order valence-electron chi connectivity index (χ0n) is 19.9. The topological polar surface area (TPSA) is 106 Å². The van der Waals surface area contributed by atoms with E-state index in [-0.39, 0.29) is 39.4 Å². The normalized spacial score (nSPS) is 10.7. The predicted molar refractivity (Wildman–Crippen MR) is 127 cm³/mol. The highest BCUT2D eigenvalue weighted by Gasteiger charge is 2.18. The number of rotatable bonds is 10. The van der Waals surface area contributed by atoms with Crippen LogP contribution in [0.25, 0.3) is 0 Å². The molecule has 0 atom stereocenters. The van der Waals surface area contributed by atoms with Crippen molar-refractivity contribution in [3.8, 4) is 0 Å². The average Bonchev–Trinajstić information content (AvgIpc) is 2.80. The van der Waals surface area contributed by atoms with Gasteiger partial charge in [0.15, 0.2) is 0 Å². The molecule has 0 aliphatic rings. The molecule has 9 heteroatoms. The predicted octanol–water partition coefficient (Wildman–Crippen LogP) is 4.08. The maximum atomic E-state index is 12.6. The Kier molecular flexibility index (Phi) is 10.7. The molecule has 3 amide bonds. The summed E-state index contributed by atoms with van der Waals surface area (Å²) in [7, 11) is 0. The third-order valence-electron chi connectivity index (χ3n) is 4.38. The van der Waals surface area contributed by atoms with Crippen LogP contribution in [0, 0.1) is 0 Å². The SMILES string of the molecule is CC(C)(C)OC(=O)NCCN(CCNC(=O)OCc1ccccc1)C(=O)OCc1ccccc1. The van der Waals surface area contributed by atoms with E-state index in [4.69, 9.17) is 14.2 Å². The molecule has 0 saturated heterocycles. The molecule has 9 nitrogen and oxygen atoms in total. The summed E-state index contributed by atoms with van der Waals surface area (Å²) in [4.78, 5) is 37.9. The fraction of sp³-hybridized carbons (Fsp3) is 0.400. The van der Waals surface area contributed by atoms with Gasteiger partial charge in [-0.2, -0.15) is 0 Å². The Labute approximate surface area is 200 Å². The van der Waals surface area contributed by atoms with Gasteiger partial charge in [-0.15, -0.1) is 0 Å². The number of amides is 3. The van der Waals surface area contributed by atoms with Crippen molar-refractivity contribution in [3.63, 3.8) is 0 Å². The first-order chi connectivity index (χ1) is 16.2. The van der Waals surface area contributed by atoms with E-state index >= 15 is 0 Å². The third-order valence-corrected chi connectivity index (χ3v) is 4.38. The molecule has 184 valence electrons. The maximum Gasteiger partial charge on any atom is 0.410 e. The summed E-state index contributed by atoms with van der Waals surface area (Å²) >= 11 is 0. The van der Waals surface area contributed by atoms with Crippen LogP contribution >= 0.6 is 0 Å². The first kappa shape index (κ1) is 26.5. The molecule has 0 aliphatic carbocycles. The van der Waals surface area contributed by atoms with Gasteiger partial charge in [-0.3, -0.25) is 0 Å². The number of alkyl carbamates (subject to hydrolysis) is 2. The van der Waals surface area contributed by atoms with Crippen LogP contribution in [0.15, 0.2) is 60.7 Å². The summed E-state index contributed by atoms with van der Waals surface area (Å²) in [6.07, 6.45) is -1.73. The van der Waals surface area contributed by atoms with Crippen LogP contribution in [-0.4, -0.2) is 55.0 Å². The molecule has 0 fully saturated rings. The molecule has 0 unspecified atom stereocenters. The molecule has 2 N–H and O–H groups in total. The van der Waals surface area contributed by atoms with Gasteiger partial charge < -0.3 is 29.7 Å². The monoisotopic (exact) mass is 471 g/mol. The minimum atomic E-state index is -0.623. The van der Waals surface area contributed by atoms with Crippen LogP contribution in [0.1, 0.15) is 31.9 Å². The van der Waals surface area contributed by atoms with Crippen molar-refractivity contribution in [3.05, 3.63) is 71.8 Å². The van der Waals surface area contributed by atoms with Crippen LogP contribution in [0.3, 0.4) is 0 Å². The van der Waals surface area contributed by atoms with Gasteiger partial charge in [-0.05, 0) is 31.9 Å². The van der Waals surface area contributed by atoms with E-state index in [9.17, 15) is 14.4 Å². The maximum absolute atomic E-state index is 12.6. The largest absolute Gasteiger partial charge is 0.445 e. The van der Waals surface area contributed by atoms with Crippen LogP contribution < -0.4 is 10.6 Å². The molecule has 34 heavy (non-hydrogen) atoms. The minimum absolute atomic E-state index is 0.113. The lowest BCUT2D eigenvalue weighted by Crippen LogP contribution is -2.43. The molecular weight excluding hydrogens is 438 g/mol. The first-order valence-electron chi connectivity index (χ1n) is 11.1.